The van der Waals surface area contributed by atoms with Gasteiger partial charge in [0, 0.05) is 6.54 Å². The summed E-state index contributed by atoms with van der Waals surface area (Å²) in [6.45, 7) is 1.60. The van der Waals surface area contributed by atoms with E-state index in [1.54, 1.807) is 12.1 Å². The molecule has 1 heterocycles. The van der Waals surface area contributed by atoms with Gasteiger partial charge >= 0.3 is 0 Å². The lowest BCUT2D eigenvalue weighted by Gasteiger charge is -2.21. The van der Waals surface area contributed by atoms with Crippen molar-refractivity contribution in [3.63, 3.8) is 0 Å². The van der Waals surface area contributed by atoms with Crippen molar-refractivity contribution in [1.82, 2.24) is 5.32 Å². The minimum atomic E-state index is -0.783. The minimum absolute atomic E-state index is 0.242. The smallest absolute Gasteiger partial charge is 0.123 e. The van der Waals surface area contributed by atoms with Gasteiger partial charge in [-0.2, -0.15) is 0 Å². The van der Waals surface area contributed by atoms with Crippen molar-refractivity contribution in [2.24, 2.45) is 0 Å². The lowest BCUT2D eigenvalue weighted by Crippen LogP contribution is -2.38. The van der Waals surface area contributed by atoms with Crippen LogP contribution in [-0.2, 0) is 0 Å². The van der Waals surface area contributed by atoms with E-state index < -0.39 is 5.60 Å². The summed E-state index contributed by atoms with van der Waals surface area (Å²) in [7, 11) is 0. The van der Waals surface area contributed by atoms with Crippen molar-refractivity contribution in [3.05, 3.63) is 30.1 Å². The van der Waals surface area contributed by atoms with Crippen molar-refractivity contribution in [2.45, 2.75) is 12.0 Å². The van der Waals surface area contributed by atoms with Crippen LogP contribution in [0, 0.1) is 5.82 Å². The summed E-state index contributed by atoms with van der Waals surface area (Å²) >= 11 is 0. The molecule has 0 spiro atoms. The average molecular weight is 211 g/mol. The van der Waals surface area contributed by atoms with Crippen molar-refractivity contribution in [3.8, 4) is 5.75 Å². The zero-order valence-electron chi connectivity index (χ0n) is 8.37. The van der Waals surface area contributed by atoms with Gasteiger partial charge in [-0.05, 0) is 37.2 Å². The Balaban J connectivity index is 1.90. The molecular weight excluding hydrogens is 197 g/mol. The third-order valence-corrected chi connectivity index (χ3v) is 2.54. The second-order valence-electron chi connectivity index (χ2n) is 3.89. The Labute approximate surface area is 87.9 Å². The average Bonchev–Trinajstić information content (AvgIpc) is 2.65. The molecule has 2 rings (SSSR count). The highest BCUT2D eigenvalue weighted by Gasteiger charge is 2.31. The summed E-state index contributed by atoms with van der Waals surface area (Å²) in [5.41, 5.74) is -0.783. The Hall–Kier alpha value is -1.13. The number of hydrogen-bond acceptors (Lipinski definition) is 3. The van der Waals surface area contributed by atoms with E-state index in [0.717, 1.165) is 6.54 Å². The van der Waals surface area contributed by atoms with Gasteiger partial charge in [0.15, 0.2) is 0 Å². The monoisotopic (exact) mass is 211 g/mol. The minimum Gasteiger partial charge on any atom is -0.491 e. The van der Waals surface area contributed by atoms with Crippen LogP contribution in [0.3, 0.4) is 0 Å². The van der Waals surface area contributed by atoms with Crippen LogP contribution in [0.4, 0.5) is 4.39 Å². The normalized spacial score (nSPS) is 25.5. The molecule has 15 heavy (non-hydrogen) atoms. The van der Waals surface area contributed by atoms with E-state index in [9.17, 15) is 9.50 Å². The van der Waals surface area contributed by atoms with E-state index in [2.05, 4.69) is 5.32 Å². The summed E-state index contributed by atoms with van der Waals surface area (Å²) in [4.78, 5) is 0. The standard InChI is InChI=1S/C11H14FNO2/c12-9-1-3-10(4-2-9)15-8-11(14)5-6-13-7-11/h1-4,13-14H,5-8H2. The topological polar surface area (TPSA) is 41.5 Å². The molecule has 4 heteroatoms. The lowest BCUT2D eigenvalue weighted by molar-refractivity contribution is 0.0130. The quantitative estimate of drug-likeness (QED) is 0.781. The Bertz CT molecular complexity index is 320. The first-order valence-electron chi connectivity index (χ1n) is 4.99. The summed E-state index contributed by atoms with van der Waals surface area (Å²) in [6.07, 6.45) is 0.689. The maximum atomic E-state index is 12.6. The van der Waals surface area contributed by atoms with Gasteiger partial charge in [0.25, 0.3) is 0 Å². The Kier molecular flexibility index (Phi) is 2.88. The third-order valence-electron chi connectivity index (χ3n) is 2.54. The van der Waals surface area contributed by atoms with E-state index >= 15 is 0 Å². The van der Waals surface area contributed by atoms with Gasteiger partial charge in [-0.1, -0.05) is 0 Å². The number of halogens is 1. The Morgan fingerprint density at radius 1 is 1.40 bits per heavy atom. The van der Waals surface area contributed by atoms with Crippen LogP contribution in [0.1, 0.15) is 6.42 Å². The van der Waals surface area contributed by atoms with E-state index in [4.69, 9.17) is 4.74 Å². The summed E-state index contributed by atoms with van der Waals surface area (Å²) < 4.78 is 18.0. The molecule has 1 aromatic rings. The zero-order valence-corrected chi connectivity index (χ0v) is 8.37. The highest BCUT2D eigenvalue weighted by atomic mass is 19.1. The largest absolute Gasteiger partial charge is 0.491 e. The van der Waals surface area contributed by atoms with E-state index in [-0.39, 0.29) is 12.4 Å². The van der Waals surface area contributed by atoms with E-state index in [0.29, 0.717) is 18.7 Å². The van der Waals surface area contributed by atoms with Crippen LogP contribution in [0.15, 0.2) is 24.3 Å². The molecule has 0 radical (unpaired) electrons. The molecule has 3 nitrogen and oxygen atoms in total. The highest BCUT2D eigenvalue weighted by molar-refractivity contribution is 5.22. The van der Waals surface area contributed by atoms with Gasteiger partial charge < -0.3 is 15.2 Å². The van der Waals surface area contributed by atoms with E-state index in [1.807, 2.05) is 0 Å². The maximum absolute atomic E-state index is 12.6. The number of aliphatic hydroxyl groups is 1. The van der Waals surface area contributed by atoms with Crippen molar-refractivity contribution in [2.75, 3.05) is 19.7 Å². The predicted octanol–water partition coefficient (Wildman–Crippen LogP) is 0.929. The van der Waals surface area contributed by atoms with Gasteiger partial charge in [0.05, 0.1) is 0 Å². The number of nitrogens with one attached hydrogen (secondary N) is 1. The van der Waals surface area contributed by atoms with Crippen LogP contribution in [0.5, 0.6) is 5.75 Å². The molecule has 2 N–H and O–H groups in total. The van der Waals surface area contributed by atoms with Gasteiger partial charge in [-0.15, -0.1) is 0 Å². The molecule has 1 aliphatic rings. The van der Waals surface area contributed by atoms with E-state index in [1.165, 1.54) is 12.1 Å². The Morgan fingerprint density at radius 3 is 2.73 bits per heavy atom. The molecule has 1 unspecified atom stereocenters. The second kappa shape index (κ2) is 4.16. The first-order chi connectivity index (χ1) is 7.18. The molecule has 1 saturated heterocycles. The SMILES string of the molecule is OC1(COc2ccc(F)cc2)CCNC1. The number of ether oxygens (including phenoxy) is 1. The fraction of sp³-hybridized carbons (Fsp3) is 0.455. The number of benzene rings is 1. The number of rotatable bonds is 3. The molecule has 0 amide bonds. The second-order valence-corrected chi connectivity index (χ2v) is 3.89. The molecular formula is C11H14FNO2. The third kappa shape index (κ3) is 2.67. The molecule has 0 aliphatic carbocycles. The number of hydrogen-bond donors (Lipinski definition) is 2. The Morgan fingerprint density at radius 2 is 2.13 bits per heavy atom. The predicted molar refractivity (Wildman–Crippen MR) is 54.3 cm³/mol. The first-order valence-corrected chi connectivity index (χ1v) is 4.99. The summed E-state index contributed by atoms with van der Waals surface area (Å²) in [6, 6.07) is 5.79. The number of β-amino-alcohol motifs (C(OH)–C–C–N with tert-alkyl or cyclic N) is 1. The van der Waals surface area contributed by atoms with Gasteiger partial charge in [0.2, 0.25) is 0 Å². The zero-order chi connectivity index (χ0) is 10.7. The van der Waals surface area contributed by atoms with Crippen LogP contribution in [-0.4, -0.2) is 30.4 Å². The highest BCUT2D eigenvalue weighted by Crippen LogP contribution is 2.17. The molecule has 0 saturated carbocycles. The maximum Gasteiger partial charge on any atom is 0.123 e. The van der Waals surface area contributed by atoms with Crippen LogP contribution >= 0.6 is 0 Å². The summed E-state index contributed by atoms with van der Waals surface area (Å²) in [5.74, 6) is 0.292. The fourth-order valence-corrected chi connectivity index (χ4v) is 1.60. The van der Waals surface area contributed by atoms with Gasteiger partial charge in [0.1, 0.15) is 23.8 Å². The molecule has 0 bridgehead atoms. The molecule has 1 atom stereocenters. The van der Waals surface area contributed by atoms with Crippen molar-refractivity contribution >= 4 is 0 Å². The molecule has 0 aromatic heterocycles. The molecule has 1 aromatic carbocycles. The van der Waals surface area contributed by atoms with Crippen LogP contribution in [0.2, 0.25) is 0 Å². The first kappa shape index (κ1) is 10.4. The van der Waals surface area contributed by atoms with Crippen molar-refractivity contribution in [1.29, 1.82) is 0 Å². The lowest BCUT2D eigenvalue weighted by atomic mass is 10.1. The summed E-state index contributed by atoms with van der Waals surface area (Å²) in [5, 5.41) is 13.0. The van der Waals surface area contributed by atoms with Crippen molar-refractivity contribution < 1.29 is 14.2 Å². The van der Waals surface area contributed by atoms with Gasteiger partial charge in [-0.25, -0.2) is 4.39 Å². The van der Waals surface area contributed by atoms with Crippen LogP contribution < -0.4 is 10.1 Å². The molecule has 1 aliphatic heterocycles. The van der Waals surface area contributed by atoms with Crippen LogP contribution in [0.25, 0.3) is 0 Å². The fourth-order valence-electron chi connectivity index (χ4n) is 1.60. The van der Waals surface area contributed by atoms with Gasteiger partial charge in [-0.3, -0.25) is 0 Å². The molecule has 82 valence electrons. The molecule has 1 fully saturated rings.